The Morgan fingerprint density at radius 3 is 2.44 bits per heavy atom. The zero-order valence-electron chi connectivity index (χ0n) is 22.8. The van der Waals surface area contributed by atoms with E-state index in [1.165, 1.54) is 6.07 Å². The number of amides is 1. The molecule has 1 amide bonds. The van der Waals surface area contributed by atoms with Crippen molar-refractivity contribution in [3.8, 4) is 0 Å². The smallest absolute Gasteiger partial charge is 0.366 e. The first-order valence-corrected chi connectivity index (χ1v) is 12.1. The van der Waals surface area contributed by atoms with Gasteiger partial charge in [-0.25, -0.2) is 4.99 Å². The Balaban J connectivity index is 1.64. The van der Waals surface area contributed by atoms with E-state index < -0.39 is 17.6 Å². The van der Waals surface area contributed by atoms with Crippen molar-refractivity contribution in [2.45, 2.75) is 26.9 Å². The number of nitrogens with zero attached hydrogens (tertiary/aromatic N) is 6. The van der Waals surface area contributed by atoms with Gasteiger partial charge in [0, 0.05) is 56.9 Å². The van der Waals surface area contributed by atoms with Gasteiger partial charge in [0.05, 0.1) is 28.8 Å². The van der Waals surface area contributed by atoms with Gasteiger partial charge in [0.25, 0.3) is 5.91 Å². The second kappa shape index (κ2) is 10.4. The average molecular weight is 541 g/mol. The van der Waals surface area contributed by atoms with E-state index in [0.717, 1.165) is 34.7 Å². The fourth-order valence-electron chi connectivity index (χ4n) is 3.99. The van der Waals surface area contributed by atoms with Gasteiger partial charge in [0.15, 0.2) is 0 Å². The van der Waals surface area contributed by atoms with Crippen molar-refractivity contribution >= 4 is 34.5 Å². The zero-order chi connectivity index (χ0) is 28.6. The lowest BCUT2D eigenvalue weighted by Gasteiger charge is -2.22. The number of benzene rings is 2. The van der Waals surface area contributed by atoms with E-state index >= 15 is 0 Å². The SMILES string of the molecule is CC(=Nc1cc(NC(=O)c2ccc(C)c(N3C=C(c4cnn(C)c4C)N(C)N3)c2)cc(C(F)(F)F)c1)N(C)C. The number of anilines is 2. The van der Waals surface area contributed by atoms with Crippen LogP contribution in [0.4, 0.5) is 30.2 Å². The van der Waals surface area contributed by atoms with Crippen LogP contribution in [0.5, 0.6) is 0 Å². The molecule has 0 atom stereocenters. The number of rotatable bonds is 5. The summed E-state index contributed by atoms with van der Waals surface area (Å²) in [6.45, 7) is 5.57. The van der Waals surface area contributed by atoms with E-state index in [1.54, 1.807) is 60.0 Å². The lowest BCUT2D eigenvalue weighted by molar-refractivity contribution is -0.137. The van der Waals surface area contributed by atoms with Crippen LogP contribution in [0.15, 0.2) is 53.8 Å². The van der Waals surface area contributed by atoms with Gasteiger partial charge in [-0.05, 0) is 56.7 Å². The van der Waals surface area contributed by atoms with Crippen LogP contribution in [-0.4, -0.2) is 52.6 Å². The molecule has 1 aliphatic rings. The normalized spacial score (nSPS) is 14.1. The molecule has 0 spiro atoms. The lowest BCUT2D eigenvalue weighted by atomic mass is 10.1. The number of alkyl halides is 3. The maximum Gasteiger partial charge on any atom is 0.416 e. The van der Waals surface area contributed by atoms with Gasteiger partial charge in [-0.2, -0.15) is 18.3 Å². The molecule has 12 heteroatoms. The number of aryl methyl sites for hydroxylation is 2. The maximum atomic E-state index is 13.6. The third kappa shape index (κ3) is 5.90. The number of carbonyl (C=O) groups is 1. The fraction of sp³-hybridized carbons (Fsp3) is 0.296. The first kappa shape index (κ1) is 27.7. The summed E-state index contributed by atoms with van der Waals surface area (Å²) in [5.74, 6) is -0.0264. The number of aromatic nitrogens is 2. The van der Waals surface area contributed by atoms with Gasteiger partial charge in [0.1, 0.15) is 5.84 Å². The minimum atomic E-state index is -4.60. The van der Waals surface area contributed by atoms with Crippen molar-refractivity contribution in [3.63, 3.8) is 0 Å². The molecule has 0 fully saturated rings. The molecule has 4 rings (SSSR count). The first-order chi connectivity index (χ1) is 18.2. The van der Waals surface area contributed by atoms with Crippen LogP contribution >= 0.6 is 0 Å². The topological polar surface area (TPSA) is 81.0 Å². The van der Waals surface area contributed by atoms with Crippen LogP contribution in [0, 0.1) is 13.8 Å². The summed E-state index contributed by atoms with van der Waals surface area (Å²) in [5.41, 5.74) is 7.13. The monoisotopic (exact) mass is 540 g/mol. The Hall–Kier alpha value is -4.32. The highest BCUT2D eigenvalue weighted by Gasteiger charge is 2.31. The van der Waals surface area contributed by atoms with Crippen molar-refractivity contribution < 1.29 is 18.0 Å². The Bertz CT molecular complexity index is 1470. The van der Waals surface area contributed by atoms with Gasteiger partial charge in [0.2, 0.25) is 0 Å². The van der Waals surface area contributed by atoms with Crippen molar-refractivity contribution in [2.24, 2.45) is 12.0 Å². The molecule has 0 radical (unpaired) electrons. The Morgan fingerprint density at radius 1 is 1.10 bits per heavy atom. The molecule has 0 aliphatic carbocycles. The van der Waals surface area contributed by atoms with E-state index in [-0.39, 0.29) is 16.9 Å². The summed E-state index contributed by atoms with van der Waals surface area (Å²) in [6, 6.07) is 8.37. The number of hydrazine groups is 2. The molecule has 9 nitrogen and oxygen atoms in total. The number of halogens is 3. The van der Waals surface area contributed by atoms with Gasteiger partial charge in [-0.15, -0.1) is 5.53 Å². The summed E-state index contributed by atoms with van der Waals surface area (Å²) in [5, 5.41) is 10.5. The molecular formula is C27H31F3N8O. The molecule has 206 valence electrons. The van der Waals surface area contributed by atoms with E-state index in [1.807, 2.05) is 39.2 Å². The molecule has 2 N–H and O–H groups in total. The molecule has 0 bridgehead atoms. The maximum absolute atomic E-state index is 13.6. The molecule has 2 heterocycles. The molecule has 39 heavy (non-hydrogen) atoms. The van der Waals surface area contributed by atoms with Gasteiger partial charge < -0.3 is 10.2 Å². The second-order valence-corrected chi connectivity index (χ2v) is 9.59. The highest BCUT2D eigenvalue weighted by molar-refractivity contribution is 6.05. The van der Waals surface area contributed by atoms with E-state index in [9.17, 15) is 18.0 Å². The number of amidine groups is 1. The third-order valence-electron chi connectivity index (χ3n) is 6.55. The van der Waals surface area contributed by atoms with Crippen molar-refractivity contribution in [2.75, 3.05) is 31.5 Å². The molecular weight excluding hydrogens is 509 g/mol. The summed E-state index contributed by atoms with van der Waals surface area (Å²) >= 11 is 0. The Kier molecular flexibility index (Phi) is 7.42. The highest BCUT2D eigenvalue weighted by atomic mass is 19.4. The molecule has 0 unspecified atom stereocenters. The number of aliphatic imine (C=N–C) groups is 1. The largest absolute Gasteiger partial charge is 0.416 e. The molecule has 3 aromatic rings. The Labute approximate surface area is 225 Å². The van der Waals surface area contributed by atoms with E-state index in [4.69, 9.17) is 0 Å². The van der Waals surface area contributed by atoms with Crippen LogP contribution in [0.25, 0.3) is 5.70 Å². The van der Waals surface area contributed by atoms with E-state index in [0.29, 0.717) is 11.5 Å². The number of hydrogen-bond acceptors (Lipinski definition) is 6. The first-order valence-electron chi connectivity index (χ1n) is 12.1. The average Bonchev–Trinajstić information content (AvgIpc) is 3.39. The number of hydrogen-bond donors (Lipinski definition) is 2. The number of nitrogens with one attached hydrogen (secondary N) is 2. The third-order valence-corrected chi connectivity index (χ3v) is 6.55. The van der Waals surface area contributed by atoms with Crippen LogP contribution in [0.3, 0.4) is 0 Å². The summed E-state index contributed by atoms with van der Waals surface area (Å²) < 4.78 is 42.6. The van der Waals surface area contributed by atoms with Crippen molar-refractivity contribution in [1.82, 2.24) is 25.2 Å². The van der Waals surface area contributed by atoms with Gasteiger partial charge in [-0.1, -0.05) is 6.07 Å². The second-order valence-electron chi connectivity index (χ2n) is 9.59. The lowest BCUT2D eigenvalue weighted by Crippen LogP contribution is -2.38. The predicted octanol–water partition coefficient (Wildman–Crippen LogP) is 5.09. The minimum absolute atomic E-state index is 0.00415. The van der Waals surface area contributed by atoms with Crippen molar-refractivity contribution in [1.29, 1.82) is 0 Å². The van der Waals surface area contributed by atoms with Crippen LogP contribution in [0.1, 0.15) is 39.7 Å². The van der Waals surface area contributed by atoms with Crippen LogP contribution < -0.4 is 15.9 Å². The molecule has 0 saturated carbocycles. The number of carbonyl (C=O) groups excluding carboxylic acids is 1. The standard InChI is InChI=1S/C27H31F3N8O/c1-16-8-9-19(10-24(16)38-15-25(37(7)34-38)23-14-31-36(6)17(23)2)26(39)33-22-12-20(27(28,29)30)11-21(13-22)32-18(3)35(4)5/h8-15,34H,1-7H3,(H,33,39). The zero-order valence-corrected chi connectivity index (χ0v) is 22.8. The summed E-state index contributed by atoms with van der Waals surface area (Å²) in [7, 11) is 7.23. The summed E-state index contributed by atoms with van der Waals surface area (Å²) in [6.07, 6.45) is -0.913. The van der Waals surface area contributed by atoms with Crippen LogP contribution in [0.2, 0.25) is 0 Å². The fourth-order valence-corrected chi connectivity index (χ4v) is 3.99. The Morgan fingerprint density at radius 2 is 1.82 bits per heavy atom. The molecule has 2 aromatic carbocycles. The molecule has 1 aromatic heterocycles. The minimum Gasteiger partial charge on any atom is -0.366 e. The van der Waals surface area contributed by atoms with Crippen LogP contribution in [-0.2, 0) is 13.2 Å². The molecule has 1 aliphatic heterocycles. The van der Waals surface area contributed by atoms with Gasteiger partial charge in [-0.3, -0.25) is 19.5 Å². The van der Waals surface area contributed by atoms with E-state index in [2.05, 4.69) is 20.9 Å². The summed E-state index contributed by atoms with van der Waals surface area (Å²) in [4.78, 5) is 19.1. The van der Waals surface area contributed by atoms with Crippen molar-refractivity contribution in [3.05, 3.63) is 76.7 Å². The van der Waals surface area contributed by atoms with Gasteiger partial charge >= 0.3 is 6.18 Å². The highest BCUT2D eigenvalue weighted by Crippen LogP contribution is 2.35. The quantitative estimate of drug-likeness (QED) is 0.347. The molecule has 0 saturated heterocycles. The predicted molar refractivity (Wildman–Crippen MR) is 146 cm³/mol.